The number of carbonyl (C=O) groups excluding carboxylic acids is 2. The third kappa shape index (κ3) is 9.22. The van der Waals surface area contributed by atoms with Crippen LogP contribution in [0.5, 0.6) is 0 Å². The van der Waals surface area contributed by atoms with E-state index in [0.717, 1.165) is 25.7 Å². The average molecular weight is 274 g/mol. The fraction of sp³-hybridized carbons (Fsp3) is 0.769. The van der Waals surface area contributed by atoms with Gasteiger partial charge in [-0.2, -0.15) is 11.8 Å². The summed E-state index contributed by atoms with van der Waals surface area (Å²) in [6.45, 7) is 1.58. The lowest BCUT2D eigenvalue weighted by atomic mass is 10.1. The fourth-order valence-corrected chi connectivity index (χ4v) is 2.36. The van der Waals surface area contributed by atoms with Gasteiger partial charge in [0, 0.05) is 12.8 Å². The molecule has 1 atom stereocenters. The highest BCUT2D eigenvalue weighted by Crippen LogP contribution is 2.16. The molecule has 0 aromatic rings. The van der Waals surface area contributed by atoms with Crippen molar-refractivity contribution in [3.63, 3.8) is 0 Å². The summed E-state index contributed by atoms with van der Waals surface area (Å²) in [5.74, 6) is -0.699. The molecule has 0 aliphatic rings. The summed E-state index contributed by atoms with van der Waals surface area (Å²) in [5.41, 5.74) is 0. The maximum absolute atomic E-state index is 11.7. The second-order valence-corrected chi connectivity index (χ2v) is 5.45. The molecule has 0 amide bonds. The van der Waals surface area contributed by atoms with E-state index in [4.69, 9.17) is 5.11 Å². The van der Waals surface area contributed by atoms with E-state index in [2.05, 4.69) is 0 Å². The number of carboxylic acid groups (broad SMARTS) is 1. The number of carbonyl (C=O) groups is 3. The van der Waals surface area contributed by atoms with E-state index in [1.54, 1.807) is 13.2 Å². The van der Waals surface area contributed by atoms with Gasteiger partial charge in [-0.3, -0.25) is 9.59 Å². The zero-order valence-corrected chi connectivity index (χ0v) is 11.9. The van der Waals surface area contributed by atoms with Crippen molar-refractivity contribution in [1.82, 2.24) is 0 Å². The van der Waals surface area contributed by atoms with E-state index in [1.165, 1.54) is 11.8 Å². The molecular weight excluding hydrogens is 252 g/mol. The zero-order chi connectivity index (χ0) is 14.0. The van der Waals surface area contributed by atoms with Crippen molar-refractivity contribution in [2.75, 3.05) is 6.26 Å². The van der Waals surface area contributed by atoms with E-state index in [0.29, 0.717) is 12.8 Å². The maximum atomic E-state index is 11.7. The number of Topliss-reactive ketones (excluding diaryl/α,β-unsaturated/α-hetero) is 2. The summed E-state index contributed by atoms with van der Waals surface area (Å²) < 4.78 is 0. The number of rotatable bonds is 11. The molecule has 0 aliphatic heterocycles. The number of ketones is 2. The van der Waals surface area contributed by atoms with E-state index < -0.39 is 11.2 Å². The van der Waals surface area contributed by atoms with Crippen molar-refractivity contribution >= 4 is 29.3 Å². The molecule has 0 saturated carbocycles. The van der Waals surface area contributed by atoms with Gasteiger partial charge < -0.3 is 9.90 Å². The van der Waals surface area contributed by atoms with Gasteiger partial charge in [0.2, 0.25) is 0 Å². The minimum atomic E-state index is -0.927. The molecule has 0 aliphatic carbocycles. The first-order valence-electron chi connectivity index (χ1n) is 6.24. The Kier molecular flexibility index (Phi) is 9.64. The number of aliphatic carboxylic acids is 1. The Labute approximate surface area is 113 Å². The number of unbranched alkanes of at least 4 members (excludes halogenated alkanes) is 3. The van der Waals surface area contributed by atoms with Crippen molar-refractivity contribution in [1.29, 1.82) is 0 Å². The third-order valence-corrected chi connectivity index (χ3v) is 3.70. The van der Waals surface area contributed by atoms with Gasteiger partial charge in [-0.1, -0.05) is 12.8 Å². The van der Waals surface area contributed by atoms with Gasteiger partial charge in [0.05, 0.1) is 11.7 Å². The number of thioether (sulfide) groups is 1. The molecule has 18 heavy (non-hydrogen) atoms. The van der Waals surface area contributed by atoms with Gasteiger partial charge in [0.1, 0.15) is 11.6 Å². The van der Waals surface area contributed by atoms with Crippen molar-refractivity contribution in [3.05, 3.63) is 0 Å². The third-order valence-electron chi connectivity index (χ3n) is 2.71. The van der Waals surface area contributed by atoms with Crippen LogP contribution in [0.1, 0.15) is 51.9 Å². The highest BCUT2D eigenvalue weighted by Gasteiger charge is 2.19. The van der Waals surface area contributed by atoms with Gasteiger partial charge in [-0.25, -0.2) is 0 Å². The van der Waals surface area contributed by atoms with Crippen LogP contribution < -0.4 is 0 Å². The predicted octanol–water partition coefficient (Wildman–Crippen LogP) is 2.69. The molecule has 0 aromatic carbocycles. The Morgan fingerprint density at radius 3 is 2.06 bits per heavy atom. The van der Waals surface area contributed by atoms with Gasteiger partial charge >= 0.3 is 5.97 Å². The van der Waals surface area contributed by atoms with Crippen LogP contribution in [-0.4, -0.2) is 34.1 Å². The summed E-state index contributed by atoms with van der Waals surface area (Å²) in [6, 6.07) is 0. The molecular formula is C13H22O4S. The van der Waals surface area contributed by atoms with Gasteiger partial charge in [0.25, 0.3) is 0 Å². The first kappa shape index (κ1) is 17.2. The average Bonchev–Trinajstić information content (AvgIpc) is 2.29. The molecule has 4 nitrogen and oxygen atoms in total. The molecule has 5 heteroatoms. The monoisotopic (exact) mass is 274 g/mol. The molecule has 0 bridgehead atoms. The summed E-state index contributed by atoms with van der Waals surface area (Å²) in [7, 11) is 0. The van der Waals surface area contributed by atoms with Gasteiger partial charge in [0.15, 0.2) is 0 Å². The van der Waals surface area contributed by atoms with Crippen molar-refractivity contribution in [3.8, 4) is 0 Å². The highest BCUT2D eigenvalue weighted by molar-refractivity contribution is 7.99. The topological polar surface area (TPSA) is 71.4 Å². The summed E-state index contributed by atoms with van der Waals surface area (Å²) in [4.78, 5) is 33.0. The van der Waals surface area contributed by atoms with Crippen LogP contribution in [0.2, 0.25) is 0 Å². The first-order valence-corrected chi connectivity index (χ1v) is 7.53. The standard InChI is InChI=1S/C13H22O4S/c1-10(14)7-5-3-4-6-8-11(15)12(18-2)9-13(16)17/h12H,3-9H2,1-2H3,(H,16,17). The Morgan fingerprint density at radius 2 is 1.61 bits per heavy atom. The minimum Gasteiger partial charge on any atom is -0.481 e. The van der Waals surface area contributed by atoms with Crippen LogP contribution in [0.3, 0.4) is 0 Å². The second-order valence-electron chi connectivity index (χ2n) is 4.40. The highest BCUT2D eigenvalue weighted by atomic mass is 32.2. The Bertz CT molecular complexity index is 289. The van der Waals surface area contributed by atoms with Crippen molar-refractivity contribution < 1.29 is 19.5 Å². The normalized spacial score (nSPS) is 12.1. The molecule has 0 aromatic heterocycles. The van der Waals surface area contributed by atoms with E-state index in [1.807, 2.05) is 0 Å². The first-order chi connectivity index (χ1) is 8.47. The second kappa shape index (κ2) is 10.1. The quantitative estimate of drug-likeness (QED) is 0.586. The van der Waals surface area contributed by atoms with Crippen LogP contribution in [0, 0.1) is 0 Å². The van der Waals surface area contributed by atoms with Crippen LogP contribution in [0.4, 0.5) is 0 Å². The molecule has 104 valence electrons. The van der Waals surface area contributed by atoms with Crippen molar-refractivity contribution in [2.24, 2.45) is 0 Å². The lowest BCUT2D eigenvalue weighted by Gasteiger charge is -2.10. The van der Waals surface area contributed by atoms with Crippen molar-refractivity contribution in [2.45, 2.75) is 57.1 Å². The van der Waals surface area contributed by atoms with Crippen LogP contribution in [0.25, 0.3) is 0 Å². The Balaban J connectivity index is 3.68. The SMILES string of the molecule is CSC(CC(=O)O)C(=O)CCCCCCC(C)=O. The molecule has 1 N–H and O–H groups in total. The molecule has 0 radical (unpaired) electrons. The Hall–Kier alpha value is -0.840. The molecule has 1 unspecified atom stereocenters. The smallest absolute Gasteiger partial charge is 0.304 e. The van der Waals surface area contributed by atoms with Crippen LogP contribution in [0.15, 0.2) is 0 Å². The fourth-order valence-electron chi connectivity index (χ4n) is 1.67. The number of hydrogen-bond acceptors (Lipinski definition) is 4. The van der Waals surface area contributed by atoms with E-state index >= 15 is 0 Å². The van der Waals surface area contributed by atoms with Gasteiger partial charge in [-0.15, -0.1) is 0 Å². The lowest BCUT2D eigenvalue weighted by Crippen LogP contribution is -2.20. The molecule has 0 heterocycles. The summed E-state index contributed by atoms with van der Waals surface area (Å²) >= 11 is 1.30. The van der Waals surface area contributed by atoms with Gasteiger partial charge in [-0.05, 0) is 26.0 Å². The molecule has 0 fully saturated rings. The predicted molar refractivity (Wildman–Crippen MR) is 72.9 cm³/mol. The Morgan fingerprint density at radius 1 is 1.06 bits per heavy atom. The maximum Gasteiger partial charge on any atom is 0.304 e. The van der Waals surface area contributed by atoms with E-state index in [9.17, 15) is 14.4 Å². The largest absolute Gasteiger partial charge is 0.481 e. The summed E-state index contributed by atoms with van der Waals surface area (Å²) in [6.07, 6.45) is 6.27. The molecule has 0 spiro atoms. The minimum absolute atomic E-state index is 0.0245. The lowest BCUT2D eigenvalue weighted by molar-refractivity contribution is -0.138. The number of carboxylic acids is 1. The summed E-state index contributed by atoms with van der Waals surface area (Å²) in [5, 5.41) is 8.24. The zero-order valence-electron chi connectivity index (χ0n) is 11.1. The molecule has 0 rings (SSSR count). The van der Waals surface area contributed by atoms with Crippen LogP contribution in [-0.2, 0) is 14.4 Å². The van der Waals surface area contributed by atoms with Crippen LogP contribution >= 0.6 is 11.8 Å². The van der Waals surface area contributed by atoms with E-state index in [-0.39, 0.29) is 18.0 Å². The molecule has 0 saturated heterocycles. The number of hydrogen-bond donors (Lipinski definition) is 1.